The van der Waals surface area contributed by atoms with E-state index in [9.17, 15) is 14.4 Å². The first kappa shape index (κ1) is 17.3. The van der Waals surface area contributed by atoms with Gasteiger partial charge in [0.1, 0.15) is 0 Å². The standard InChI is InChI=1S/C16H26N2O3S/c1-3-17-15(20)12-7-5-11(6-8-12)10-18-14(19)9-13(16(18)21)22-4-2/h11-13H,3-10H2,1-2H3,(H,17,20). The average molecular weight is 326 g/mol. The number of likely N-dealkylation sites (tertiary alicyclic amines) is 1. The van der Waals surface area contributed by atoms with Gasteiger partial charge in [0.25, 0.3) is 0 Å². The van der Waals surface area contributed by atoms with Gasteiger partial charge >= 0.3 is 0 Å². The van der Waals surface area contributed by atoms with Crippen LogP contribution < -0.4 is 5.32 Å². The number of nitrogens with zero attached hydrogens (tertiary/aromatic N) is 1. The van der Waals surface area contributed by atoms with Crippen LogP contribution >= 0.6 is 11.8 Å². The van der Waals surface area contributed by atoms with Crippen molar-refractivity contribution in [3.63, 3.8) is 0 Å². The predicted molar refractivity (Wildman–Crippen MR) is 87.4 cm³/mol. The van der Waals surface area contributed by atoms with Crippen molar-refractivity contribution in [3.8, 4) is 0 Å². The van der Waals surface area contributed by atoms with E-state index in [-0.39, 0.29) is 28.9 Å². The van der Waals surface area contributed by atoms with E-state index in [2.05, 4.69) is 5.32 Å². The first-order valence-electron chi connectivity index (χ1n) is 8.30. The van der Waals surface area contributed by atoms with Gasteiger partial charge in [0, 0.05) is 25.4 Å². The Morgan fingerprint density at radius 3 is 2.50 bits per heavy atom. The molecule has 1 heterocycles. The molecule has 6 heteroatoms. The van der Waals surface area contributed by atoms with E-state index in [0.29, 0.717) is 25.4 Å². The van der Waals surface area contributed by atoms with Crippen LogP contribution in [0.1, 0.15) is 46.0 Å². The van der Waals surface area contributed by atoms with Crippen LogP contribution in [0.15, 0.2) is 0 Å². The van der Waals surface area contributed by atoms with Gasteiger partial charge in [0.05, 0.1) is 5.25 Å². The summed E-state index contributed by atoms with van der Waals surface area (Å²) in [4.78, 5) is 37.6. The molecule has 0 spiro atoms. The molecule has 1 aliphatic heterocycles. The number of hydrogen-bond acceptors (Lipinski definition) is 4. The summed E-state index contributed by atoms with van der Waals surface area (Å²) in [6, 6.07) is 0. The second-order valence-electron chi connectivity index (χ2n) is 6.10. The van der Waals surface area contributed by atoms with Crippen LogP contribution in [-0.2, 0) is 14.4 Å². The van der Waals surface area contributed by atoms with Gasteiger partial charge in [-0.3, -0.25) is 19.3 Å². The van der Waals surface area contributed by atoms with Crippen molar-refractivity contribution in [2.45, 2.75) is 51.2 Å². The second-order valence-corrected chi connectivity index (χ2v) is 7.58. The van der Waals surface area contributed by atoms with E-state index in [1.54, 1.807) is 11.8 Å². The van der Waals surface area contributed by atoms with Gasteiger partial charge in [-0.2, -0.15) is 0 Å². The molecule has 0 bridgehead atoms. The number of hydrogen-bond donors (Lipinski definition) is 1. The van der Waals surface area contributed by atoms with Crippen molar-refractivity contribution in [2.75, 3.05) is 18.8 Å². The van der Waals surface area contributed by atoms with Crippen molar-refractivity contribution in [3.05, 3.63) is 0 Å². The van der Waals surface area contributed by atoms with Crippen LogP contribution in [0.4, 0.5) is 0 Å². The molecule has 2 aliphatic rings. The molecule has 1 saturated carbocycles. The molecule has 0 radical (unpaired) electrons. The Bertz CT molecular complexity index is 433. The quantitative estimate of drug-likeness (QED) is 0.756. The Labute approximate surface area is 136 Å². The zero-order valence-electron chi connectivity index (χ0n) is 13.5. The summed E-state index contributed by atoms with van der Waals surface area (Å²) >= 11 is 1.56. The van der Waals surface area contributed by atoms with E-state index in [1.807, 2.05) is 13.8 Å². The fourth-order valence-electron chi connectivity index (χ4n) is 3.36. The van der Waals surface area contributed by atoms with E-state index >= 15 is 0 Å². The predicted octanol–water partition coefficient (Wildman–Crippen LogP) is 1.81. The summed E-state index contributed by atoms with van der Waals surface area (Å²) in [5.41, 5.74) is 0. The molecule has 0 aromatic rings. The van der Waals surface area contributed by atoms with Crippen LogP contribution in [-0.4, -0.2) is 46.7 Å². The summed E-state index contributed by atoms with van der Waals surface area (Å²) in [5, 5.41) is 2.70. The third-order valence-electron chi connectivity index (χ3n) is 4.58. The molecule has 124 valence electrons. The van der Waals surface area contributed by atoms with Crippen LogP contribution in [0.25, 0.3) is 0 Å². The Morgan fingerprint density at radius 2 is 1.91 bits per heavy atom. The van der Waals surface area contributed by atoms with Crippen molar-refractivity contribution in [1.82, 2.24) is 10.2 Å². The molecule has 2 rings (SSSR count). The third kappa shape index (κ3) is 4.03. The maximum absolute atomic E-state index is 12.3. The molecular weight excluding hydrogens is 300 g/mol. The van der Waals surface area contributed by atoms with Crippen LogP contribution in [0.3, 0.4) is 0 Å². The fraction of sp³-hybridized carbons (Fsp3) is 0.812. The highest BCUT2D eigenvalue weighted by Crippen LogP contribution is 2.32. The lowest BCUT2D eigenvalue weighted by molar-refractivity contribution is -0.139. The molecule has 0 aromatic carbocycles. The molecule has 1 saturated heterocycles. The minimum atomic E-state index is -0.177. The number of carbonyl (C=O) groups is 3. The van der Waals surface area contributed by atoms with Crippen molar-refractivity contribution >= 4 is 29.5 Å². The topological polar surface area (TPSA) is 66.5 Å². The van der Waals surface area contributed by atoms with Gasteiger partial charge in [-0.25, -0.2) is 0 Å². The fourth-order valence-corrected chi connectivity index (χ4v) is 4.29. The highest BCUT2D eigenvalue weighted by molar-refractivity contribution is 8.00. The molecule has 1 unspecified atom stereocenters. The lowest BCUT2D eigenvalue weighted by Crippen LogP contribution is -2.38. The second kappa shape index (κ2) is 7.99. The largest absolute Gasteiger partial charge is 0.356 e. The maximum atomic E-state index is 12.3. The van der Waals surface area contributed by atoms with Gasteiger partial charge in [-0.1, -0.05) is 6.92 Å². The monoisotopic (exact) mass is 326 g/mol. The van der Waals surface area contributed by atoms with E-state index in [4.69, 9.17) is 0 Å². The van der Waals surface area contributed by atoms with Crippen LogP contribution in [0, 0.1) is 11.8 Å². The highest BCUT2D eigenvalue weighted by Gasteiger charge is 2.40. The Morgan fingerprint density at radius 1 is 1.23 bits per heavy atom. The van der Waals surface area contributed by atoms with Crippen molar-refractivity contribution < 1.29 is 14.4 Å². The van der Waals surface area contributed by atoms with Gasteiger partial charge in [-0.15, -0.1) is 11.8 Å². The van der Waals surface area contributed by atoms with Crippen molar-refractivity contribution in [1.29, 1.82) is 0 Å². The lowest BCUT2D eigenvalue weighted by atomic mass is 9.81. The van der Waals surface area contributed by atoms with Gasteiger partial charge < -0.3 is 5.32 Å². The zero-order valence-corrected chi connectivity index (χ0v) is 14.3. The van der Waals surface area contributed by atoms with Gasteiger partial charge in [0.15, 0.2) is 0 Å². The molecular formula is C16H26N2O3S. The maximum Gasteiger partial charge on any atom is 0.242 e. The molecule has 22 heavy (non-hydrogen) atoms. The Kier molecular flexibility index (Phi) is 6.29. The first-order valence-corrected chi connectivity index (χ1v) is 9.35. The van der Waals surface area contributed by atoms with Gasteiger partial charge in [0.2, 0.25) is 17.7 Å². The Hall–Kier alpha value is -1.04. The van der Waals surface area contributed by atoms with Crippen molar-refractivity contribution in [2.24, 2.45) is 11.8 Å². The summed E-state index contributed by atoms with van der Waals surface area (Å²) in [7, 11) is 0. The van der Waals surface area contributed by atoms with E-state index < -0.39 is 0 Å². The summed E-state index contributed by atoms with van der Waals surface area (Å²) in [5.74, 6) is 1.42. The molecule has 1 atom stereocenters. The van der Waals surface area contributed by atoms with E-state index in [0.717, 1.165) is 31.4 Å². The highest BCUT2D eigenvalue weighted by atomic mass is 32.2. The average Bonchev–Trinajstić information content (AvgIpc) is 2.76. The molecule has 1 aliphatic carbocycles. The number of amides is 3. The zero-order chi connectivity index (χ0) is 16.1. The number of nitrogens with one attached hydrogen (secondary N) is 1. The van der Waals surface area contributed by atoms with Crippen LogP contribution in [0.5, 0.6) is 0 Å². The minimum absolute atomic E-state index is 0.0114. The summed E-state index contributed by atoms with van der Waals surface area (Å²) in [6.45, 7) is 5.15. The number of thioether (sulfide) groups is 1. The minimum Gasteiger partial charge on any atom is -0.356 e. The summed E-state index contributed by atoms with van der Waals surface area (Å²) < 4.78 is 0. The molecule has 5 nitrogen and oxygen atoms in total. The number of imide groups is 1. The normalized spacial score (nSPS) is 29.0. The third-order valence-corrected chi connectivity index (χ3v) is 5.68. The summed E-state index contributed by atoms with van der Waals surface area (Å²) in [6.07, 6.45) is 3.92. The Balaban J connectivity index is 1.82. The molecule has 0 aromatic heterocycles. The van der Waals surface area contributed by atoms with Crippen LogP contribution in [0.2, 0.25) is 0 Å². The number of carbonyl (C=O) groups excluding carboxylic acids is 3. The molecule has 3 amide bonds. The van der Waals surface area contributed by atoms with Gasteiger partial charge in [-0.05, 0) is 44.3 Å². The first-order chi connectivity index (χ1) is 10.6. The SMILES string of the molecule is CCNC(=O)C1CCC(CN2C(=O)CC(SCC)C2=O)CC1. The molecule has 2 fully saturated rings. The molecule has 1 N–H and O–H groups in total. The van der Waals surface area contributed by atoms with E-state index in [1.165, 1.54) is 4.90 Å². The number of rotatable bonds is 6. The lowest BCUT2D eigenvalue weighted by Gasteiger charge is -2.30. The smallest absolute Gasteiger partial charge is 0.242 e.